The quantitative estimate of drug-likeness (QED) is 0.598. The van der Waals surface area contributed by atoms with Gasteiger partial charge in [-0.2, -0.15) is 0 Å². The Hall–Kier alpha value is -1.13. The molecule has 0 radical (unpaired) electrons. The third-order valence-electron chi connectivity index (χ3n) is 3.40. The molecule has 2 heterocycles. The molecule has 88 valence electrons. The molecular formula is C12H20N4. The molecule has 4 nitrogen and oxygen atoms in total. The van der Waals surface area contributed by atoms with Gasteiger partial charge in [-0.3, -0.25) is 4.90 Å². The van der Waals surface area contributed by atoms with E-state index in [9.17, 15) is 0 Å². The van der Waals surface area contributed by atoms with E-state index in [1.807, 2.05) is 12.1 Å². The molecule has 1 aliphatic heterocycles. The smallest absolute Gasteiger partial charge is 0.140 e. The molecule has 1 fully saturated rings. The summed E-state index contributed by atoms with van der Waals surface area (Å²) in [4.78, 5) is 6.88. The molecule has 2 unspecified atom stereocenters. The normalized spacial score (nSPS) is 25.9. The molecular weight excluding hydrogens is 200 g/mol. The van der Waals surface area contributed by atoms with Crippen LogP contribution in [-0.2, 0) is 6.54 Å². The largest absolute Gasteiger partial charge is 0.308 e. The first-order valence-corrected chi connectivity index (χ1v) is 5.84. The maximum atomic E-state index is 5.34. The van der Waals surface area contributed by atoms with E-state index in [1.54, 1.807) is 0 Å². The molecule has 0 bridgehead atoms. The fraction of sp³-hybridized carbons (Fsp3) is 0.583. The second-order valence-electron chi connectivity index (χ2n) is 4.81. The summed E-state index contributed by atoms with van der Waals surface area (Å²) in [5.41, 5.74) is 3.66. The van der Waals surface area contributed by atoms with Gasteiger partial charge in [0.25, 0.3) is 0 Å². The van der Waals surface area contributed by atoms with E-state index >= 15 is 0 Å². The van der Waals surface area contributed by atoms with Crippen LogP contribution in [0.25, 0.3) is 0 Å². The number of anilines is 1. The van der Waals surface area contributed by atoms with Crippen LogP contribution in [0.2, 0.25) is 0 Å². The van der Waals surface area contributed by atoms with E-state index in [1.165, 1.54) is 13.1 Å². The number of nitrogen functional groups attached to an aromatic ring is 1. The molecule has 0 aromatic carbocycles. The zero-order valence-corrected chi connectivity index (χ0v) is 9.98. The molecule has 1 saturated heterocycles. The predicted octanol–water partition coefficient (Wildman–Crippen LogP) is 1.46. The Balaban J connectivity index is 1.99. The van der Waals surface area contributed by atoms with Crippen molar-refractivity contribution in [3.05, 3.63) is 23.9 Å². The number of likely N-dealkylation sites (tertiary alicyclic amines) is 1. The van der Waals surface area contributed by atoms with Crippen molar-refractivity contribution < 1.29 is 0 Å². The molecule has 1 aliphatic rings. The summed E-state index contributed by atoms with van der Waals surface area (Å²) >= 11 is 0. The lowest BCUT2D eigenvalue weighted by atomic mass is 10.0. The summed E-state index contributed by atoms with van der Waals surface area (Å²) < 4.78 is 0. The zero-order chi connectivity index (χ0) is 11.5. The highest BCUT2D eigenvalue weighted by Crippen LogP contribution is 2.23. The van der Waals surface area contributed by atoms with Crippen LogP contribution in [0.4, 0.5) is 5.82 Å². The van der Waals surface area contributed by atoms with Crippen molar-refractivity contribution >= 4 is 5.82 Å². The molecule has 0 spiro atoms. The van der Waals surface area contributed by atoms with Crippen molar-refractivity contribution in [2.24, 2.45) is 17.7 Å². The number of rotatable bonds is 3. The highest BCUT2D eigenvalue weighted by atomic mass is 15.3. The van der Waals surface area contributed by atoms with Crippen molar-refractivity contribution in [1.82, 2.24) is 9.88 Å². The first-order valence-electron chi connectivity index (χ1n) is 5.84. The average Bonchev–Trinajstić information content (AvgIpc) is 2.58. The van der Waals surface area contributed by atoms with Gasteiger partial charge in [-0.05, 0) is 24.0 Å². The van der Waals surface area contributed by atoms with Crippen molar-refractivity contribution in [2.75, 3.05) is 18.5 Å². The number of hydrogen-bond acceptors (Lipinski definition) is 4. The van der Waals surface area contributed by atoms with Gasteiger partial charge >= 0.3 is 0 Å². The van der Waals surface area contributed by atoms with E-state index in [2.05, 4.69) is 35.2 Å². The SMILES string of the molecule is CC1CN(Cc2cccc(NN)n2)CC1C. The number of hydrogen-bond donors (Lipinski definition) is 2. The predicted molar refractivity (Wildman–Crippen MR) is 65.7 cm³/mol. The standard InChI is InChI=1S/C12H20N4/c1-9-6-16(7-10(9)2)8-11-4-3-5-12(14-11)15-13/h3-5,9-10H,6-8,13H2,1-2H3,(H,14,15). The monoisotopic (exact) mass is 220 g/mol. The van der Waals surface area contributed by atoms with E-state index in [0.717, 1.165) is 29.9 Å². The van der Waals surface area contributed by atoms with E-state index in [0.29, 0.717) is 0 Å². The Kier molecular flexibility index (Phi) is 3.41. The number of nitrogens with zero attached hydrogens (tertiary/aromatic N) is 2. The Bertz CT molecular complexity index is 343. The van der Waals surface area contributed by atoms with Gasteiger partial charge in [-0.25, -0.2) is 10.8 Å². The average molecular weight is 220 g/mol. The number of aromatic nitrogens is 1. The molecule has 0 saturated carbocycles. The maximum absolute atomic E-state index is 5.34. The topological polar surface area (TPSA) is 54.2 Å². The van der Waals surface area contributed by atoms with Crippen LogP contribution in [0.3, 0.4) is 0 Å². The summed E-state index contributed by atoms with van der Waals surface area (Å²) in [5.74, 6) is 7.65. The molecule has 4 heteroatoms. The van der Waals surface area contributed by atoms with Gasteiger partial charge in [0, 0.05) is 19.6 Å². The fourth-order valence-corrected chi connectivity index (χ4v) is 2.26. The summed E-state index contributed by atoms with van der Waals surface area (Å²) in [5, 5.41) is 0. The molecule has 2 rings (SSSR count). The maximum Gasteiger partial charge on any atom is 0.140 e. The van der Waals surface area contributed by atoms with Crippen LogP contribution >= 0.6 is 0 Å². The third-order valence-corrected chi connectivity index (χ3v) is 3.40. The fourth-order valence-electron chi connectivity index (χ4n) is 2.26. The van der Waals surface area contributed by atoms with Gasteiger partial charge in [0.1, 0.15) is 5.82 Å². The summed E-state index contributed by atoms with van der Waals surface area (Å²) in [7, 11) is 0. The van der Waals surface area contributed by atoms with Crippen LogP contribution in [0.5, 0.6) is 0 Å². The van der Waals surface area contributed by atoms with E-state index in [4.69, 9.17) is 5.84 Å². The molecule has 0 amide bonds. The first kappa shape index (κ1) is 11.4. The minimum Gasteiger partial charge on any atom is -0.308 e. The molecule has 0 aliphatic carbocycles. The molecule has 1 aromatic heterocycles. The van der Waals surface area contributed by atoms with Crippen molar-refractivity contribution in [3.63, 3.8) is 0 Å². The Labute approximate surface area is 96.8 Å². The lowest BCUT2D eigenvalue weighted by Crippen LogP contribution is -2.21. The van der Waals surface area contributed by atoms with Crippen molar-refractivity contribution in [1.29, 1.82) is 0 Å². The lowest BCUT2D eigenvalue weighted by molar-refractivity contribution is 0.312. The third kappa shape index (κ3) is 2.51. The number of nitrogens with one attached hydrogen (secondary N) is 1. The molecule has 1 aromatic rings. The van der Waals surface area contributed by atoms with Gasteiger partial charge in [0.05, 0.1) is 5.69 Å². The Morgan fingerprint density at radius 2 is 2.06 bits per heavy atom. The van der Waals surface area contributed by atoms with Crippen molar-refractivity contribution in [2.45, 2.75) is 20.4 Å². The zero-order valence-electron chi connectivity index (χ0n) is 9.98. The number of nitrogens with two attached hydrogens (primary N) is 1. The highest BCUT2D eigenvalue weighted by Gasteiger charge is 2.25. The van der Waals surface area contributed by atoms with Gasteiger partial charge in [-0.1, -0.05) is 19.9 Å². The van der Waals surface area contributed by atoms with Gasteiger partial charge in [-0.15, -0.1) is 0 Å². The van der Waals surface area contributed by atoms with Gasteiger partial charge < -0.3 is 5.43 Å². The number of pyridine rings is 1. The minimum absolute atomic E-state index is 0.734. The highest BCUT2D eigenvalue weighted by molar-refractivity contribution is 5.33. The van der Waals surface area contributed by atoms with Crippen LogP contribution < -0.4 is 11.3 Å². The summed E-state index contributed by atoms with van der Waals surface area (Å²) in [6.45, 7) is 7.89. The van der Waals surface area contributed by atoms with E-state index in [-0.39, 0.29) is 0 Å². The lowest BCUT2D eigenvalue weighted by Gasteiger charge is -2.15. The van der Waals surface area contributed by atoms with Gasteiger partial charge in [0.2, 0.25) is 0 Å². The molecule has 3 N–H and O–H groups in total. The Morgan fingerprint density at radius 1 is 1.38 bits per heavy atom. The van der Waals surface area contributed by atoms with Gasteiger partial charge in [0.15, 0.2) is 0 Å². The van der Waals surface area contributed by atoms with E-state index < -0.39 is 0 Å². The van der Waals surface area contributed by atoms with Crippen LogP contribution in [0.15, 0.2) is 18.2 Å². The van der Waals surface area contributed by atoms with Crippen LogP contribution in [-0.4, -0.2) is 23.0 Å². The minimum atomic E-state index is 0.734. The molecule has 16 heavy (non-hydrogen) atoms. The second kappa shape index (κ2) is 4.80. The first-order chi connectivity index (χ1) is 7.69. The van der Waals surface area contributed by atoms with Crippen LogP contribution in [0, 0.1) is 11.8 Å². The summed E-state index contributed by atoms with van der Waals surface area (Å²) in [6.07, 6.45) is 0. The van der Waals surface area contributed by atoms with Crippen molar-refractivity contribution in [3.8, 4) is 0 Å². The second-order valence-corrected chi connectivity index (χ2v) is 4.81. The number of hydrazine groups is 1. The summed E-state index contributed by atoms with van der Waals surface area (Å²) in [6, 6.07) is 5.91. The molecule has 2 atom stereocenters. The Morgan fingerprint density at radius 3 is 2.69 bits per heavy atom. The van der Waals surface area contributed by atoms with Crippen LogP contribution in [0.1, 0.15) is 19.5 Å².